The van der Waals surface area contributed by atoms with Crippen LogP contribution in [0.3, 0.4) is 0 Å². The number of furan rings is 1. The van der Waals surface area contributed by atoms with Gasteiger partial charge in [-0.1, -0.05) is 43.2 Å². The lowest BCUT2D eigenvalue weighted by Gasteiger charge is -2.32. The van der Waals surface area contributed by atoms with Crippen molar-refractivity contribution in [3.8, 4) is 0 Å². The van der Waals surface area contributed by atoms with Gasteiger partial charge in [-0.15, -0.1) is 0 Å². The summed E-state index contributed by atoms with van der Waals surface area (Å²) < 4.78 is 5.38. The molecule has 0 radical (unpaired) electrons. The molecule has 1 aliphatic carbocycles. The molecule has 164 valence electrons. The molecule has 32 heavy (non-hydrogen) atoms. The number of hydrogen-bond acceptors (Lipinski definition) is 4. The molecule has 0 bridgehead atoms. The smallest absolute Gasteiger partial charge is 0.294 e. The van der Waals surface area contributed by atoms with Gasteiger partial charge in [0.05, 0.1) is 6.26 Å². The minimum absolute atomic E-state index is 0.0703. The lowest BCUT2D eigenvalue weighted by Crippen LogP contribution is -2.46. The van der Waals surface area contributed by atoms with Crippen LogP contribution in [0.25, 0.3) is 0 Å². The van der Waals surface area contributed by atoms with Gasteiger partial charge >= 0.3 is 0 Å². The van der Waals surface area contributed by atoms with Crippen molar-refractivity contribution in [2.45, 2.75) is 44.7 Å². The fourth-order valence-corrected chi connectivity index (χ4v) is 4.16. The van der Waals surface area contributed by atoms with E-state index >= 15 is 0 Å². The fourth-order valence-electron chi connectivity index (χ4n) is 4.16. The zero-order valence-electron chi connectivity index (χ0n) is 18.0. The summed E-state index contributed by atoms with van der Waals surface area (Å²) in [6, 6.07) is 18.4. The first-order chi connectivity index (χ1) is 15.5. The summed E-state index contributed by atoms with van der Waals surface area (Å²) in [7, 11) is 0. The quantitative estimate of drug-likeness (QED) is 0.539. The Balaban J connectivity index is 1.79. The van der Waals surface area contributed by atoms with Gasteiger partial charge in [0.25, 0.3) is 5.91 Å². The summed E-state index contributed by atoms with van der Waals surface area (Å²) in [6.07, 6.45) is 5.48. The summed E-state index contributed by atoms with van der Waals surface area (Å²) in [5, 5.41) is 3.14. The van der Waals surface area contributed by atoms with Crippen LogP contribution in [0, 0.1) is 0 Å². The van der Waals surface area contributed by atoms with Crippen molar-refractivity contribution in [3.63, 3.8) is 0 Å². The zero-order valence-corrected chi connectivity index (χ0v) is 18.0. The van der Waals surface area contributed by atoms with Gasteiger partial charge in [0.15, 0.2) is 11.5 Å². The second kappa shape index (κ2) is 9.64. The van der Waals surface area contributed by atoms with Crippen molar-refractivity contribution >= 4 is 23.3 Å². The Labute approximate surface area is 187 Å². The first-order valence-electron chi connectivity index (χ1n) is 10.9. The maximum atomic E-state index is 13.6. The van der Waals surface area contributed by atoms with E-state index in [1.807, 2.05) is 30.3 Å². The number of carbonyl (C=O) groups excluding carboxylic acids is 3. The van der Waals surface area contributed by atoms with Crippen molar-refractivity contribution < 1.29 is 18.8 Å². The Morgan fingerprint density at radius 3 is 2.22 bits per heavy atom. The number of amides is 2. The van der Waals surface area contributed by atoms with Crippen LogP contribution in [-0.2, 0) is 4.79 Å². The first-order valence-corrected chi connectivity index (χ1v) is 10.9. The van der Waals surface area contributed by atoms with Crippen LogP contribution < -0.4 is 10.2 Å². The minimum Gasteiger partial charge on any atom is -0.459 e. The number of nitrogens with one attached hydrogen (secondary N) is 1. The molecule has 1 aromatic heterocycles. The second-order valence-corrected chi connectivity index (χ2v) is 8.06. The Morgan fingerprint density at radius 1 is 0.938 bits per heavy atom. The molecule has 1 aliphatic rings. The molecule has 4 rings (SSSR count). The average molecular weight is 431 g/mol. The highest BCUT2D eigenvalue weighted by Gasteiger charge is 2.35. The Bertz CT molecular complexity index is 1070. The van der Waals surface area contributed by atoms with Gasteiger partial charge in [0.1, 0.15) is 6.04 Å². The lowest BCUT2D eigenvalue weighted by atomic mass is 10.0. The standard InChI is InChI=1S/C26H26N2O4/c1-18(29)19-13-15-22(16-14-19)28(26(31)23-12-7-17-32-23)24(20-8-3-2-4-9-20)25(30)27-21-10-5-6-11-21/h2-4,7-9,12-17,21,24H,5-6,10-11H2,1H3,(H,27,30)/t24-/m0/s1. The third kappa shape index (κ3) is 4.64. The normalized spacial score (nSPS) is 14.7. The summed E-state index contributed by atoms with van der Waals surface area (Å²) in [5.74, 6) is -0.603. The van der Waals surface area contributed by atoms with Gasteiger partial charge in [-0.3, -0.25) is 19.3 Å². The monoisotopic (exact) mass is 430 g/mol. The summed E-state index contributed by atoms with van der Waals surface area (Å²) in [4.78, 5) is 40.3. The van der Waals surface area contributed by atoms with Crippen LogP contribution in [0.15, 0.2) is 77.4 Å². The number of anilines is 1. The molecule has 6 heteroatoms. The third-order valence-electron chi connectivity index (χ3n) is 5.83. The molecule has 1 saturated carbocycles. The van der Waals surface area contributed by atoms with Crippen molar-refractivity contribution in [2.75, 3.05) is 4.90 Å². The molecule has 0 unspecified atom stereocenters. The van der Waals surface area contributed by atoms with Crippen LogP contribution in [0.5, 0.6) is 0 Å². The van der Waals surface area contributed by atoms with E-state index in [0.717, 1.165) is 25.7 Å². The van der Waals surface area contributed by atoms with E-state index in [0.29, 0.717) is 16.8 Å². The summed E-state index contributed by atoms with van der Waals surface area (Å²) >= 11 is 0. The summed E-state index contributed by atoms with van der Waals surface area (Å²) in [6.45, 7) is 1.49. The highest BCUT2D eigenvalue weighted by atomic mass is 16.3. The van der Waals surface area contributed by atoms with Gasteiger partial charge in [-0.25, -0.2) is 0 Å². The van der Waals surface area contributed by atoms with Crippen LogP contribution in [0.4, 0.5) is 5.69 Å². The molecule has 6 nitrogen and oxygen atoms in total. The van der Waals surface area contributed by atoms with Crippen LogP contribution in [0.1, 0.15) is 65.1 Å². The SMILES string of the molecule is CC(=O)c1ccc(N(C(=O)c2ccco2)[C@H](C(=O)NC2CCCC2)c2ccccc2)cc1. The van der Waals surface area contributed by atoms with Crippen molar-refractivity contribution in [1.29, 1.82) is 0 Å². The van der Waals surface area contributed by atoms with Crippen LogP contribution >= 0.6 is 0 Å². The fraction of sp³-hybridized carbons (Fsp3) is 0.269. The van der Waals surface area contributed by atoms with E-state index in [9.17, 15) is 14.4 Å². The highest BCUT2D eigenvalue weighted by molar-refractivity contribution is 6.09. The molecule has 1 N–H and O–H groups in total. The van der Waals surface area contributed by atoms with E-state index < -0.39 is 11.9 Å². The lowest BCUT2D eigenvalue weighted by molar-refractivity contribution is -0.123. The maximum absolute atomic E-state index is 13.6. The molecule has 2 aromatic carbocycles. The number of carbonyl (C=O) groups is 3. The van der Waals surface area contributed by atoms with Crippen molar-refractivity contribution in [1.82, 2.24) is 5.32 Å². The predicted molar refractivity (Wildman–Crippen MR) is 122 cm³/mol. The largest absolute Gasteiger partial charge is 0.459 e. The van der Waals surface area contributed by atoms with E-state index in [4.69, 9.17) is 4.42 Å². The predicted octanol–water partition coefficient (Wildman–Crippen LogP) is 4.93. The molecule has 0 spiro atoms. The number of rotatable bonds is 7. The van der Waals surface area contributed by atoms with Crippen LogP contribution in [-0.4, -0.2) is 23.6 Å². The van der Waals surface area contributed by atoms with Gasteiger partial charge in [-0.2, -0.15) is 0 Å². The maximum Gasteiger partial charge on any atom is 0.294 e. The van der Waals surface area contributed by atoms with Crippen LogP contribution in [0.2, 0.25) is 0 Å². The Morgan fingerprint density at radius 2 is 1.62 bits per heavy atom. The first kappa shape index (κ1) is 21.6. The number of Topliss-reactive ketones (excluding diaryl/α,β-unsaturated/α-hetero) is 1. The topological polar surface area (TPSA) is 79.6 Å². The molecule has 1 heterocycles. The van der Waals surface area contributed by atoms with Gasteiger partial charge in [0.2, 0.25) is 5.91 Å². The molecule has 1 atom stereocenters. The molecule has 3 aromatic rings. The third-order valence-corrected chi connectivity index (χ3v) is 5.83. The average Bonchev–Trinajstić information content (AvgIpc) is 3.52. The second-order valence-electron chi connectivity index (χ2n) is 8.06. The van der Waals surface area contributed by atoms with E-state index in [1.54, 1.807) is 36.4 Å². The molecule has 0 aliphatic heterocycles. The molecule has 0 saturated heterocycles. The molecular formula is C26H26N2O4. The van der Waals surface area contributed by atoms with Crippen molar-refractivity contribution in [2.24, 2.45) is 0 Å². The molecule has 2 amide bonds. The zero-order chi connectivity index (χ0) is 22.5. The van der Waals surface area contributed by atoms with E-state index in [2.05, 4.69) is 5.32 Å². The number of benzene rings is 2. The minimum atomic E-state index is -0.891. The molecule has 1 fully saturated rings. The highest BCUT2D eigenvalue weighted by Crippen LogP contribution is 2.31. The Kier molecular flexibility index (Phi) is 6.50. The summed E-state index contributed by atoms with van der Waals surface area (Å²) in [5.41, 5.74) is 1.73. The van der Waals surface area contributed by atoms with E-state index in [1.165, 1.54) is 18.1 Å². The number of ketones is 1. The van der Waals surface area contributed by atoms with Gasteiger partial charge in [0, 0.05) is 17.3 Å². The number of nitrogens with zero attached hydrogens (tertiary/aromatic N) is 1. The molecular weight excluding hydrogens is 404 g/mol. The Hall–Kier alpha value is -3.67. The number of hydrogen-bond donors (Lipinski definition) is 1. The van der Waals surface area contributed by atoms with Gasteiger partial charge < -0.3 is 9.73 Å². The van der Waals surface area contributed by atoms with Gasteiger partial charge in [-0.05, 0) is 61.7 Å². The van der Waals surface area contributed by atoms with Crippen molar-refractivity contribution in [3.05, 3.63) is 89.9 Å². The van der Waals surface area contributed by atoms with E-state index in [-0.39, 0.29) is 23.5 Å².